The maximum atomic E-state index is 11.7. The van der Waals surface area contributed by atoms with Gasteiger partial charge in [0.15, 0.2) is 0 Å². The van der Waals surface area contributed by atoms with E-state index in [9.17, 15) is 4.79 Å². The smallest absolute Gasteiger partial charge is 0.248 e. The summed E-state index contributed by atoms with van der Waals surface area (Å²) < 4.78 is 6.28. The van der Waals surface area contributed by atoms with Gasteiger partial charge >= 0.3 is 0 Å². The predicted molar refractivity (Wildman–Crippen MR) is 106 cm³/mol. The van der Waals surface area contributed by atoms with Gasteiger partial charge in [0.05, 0.1) is 0 Å². The van der Waals surface area contributed by atoms with Crippen molar-refractivity contribution < 1.29 is 9.53 Å². The van der Waals surface area contributed by atoms with Crippen LogP contribution >= 0.6 is 12.4 Å². The van der Waals surface area contributed by atoms with Crippen LogP contribution in [0.3, 0.4) is 0 Å². The number of hydrogen-bond donors (Lipinski definition) is 1. The first-order valence-corrected chi connectivity index (χ1v) is 9.81. The summed E-state index contributed by atoms with van der Waals surface area (Å²) in [5, 5.41) is 0. The Morgan fingerprint density at radius 2 is 1.85 bits per heavy atom. The van der Waals surface area contributed by atoms with Crippen molar-refractivity contribution in [2.24, 2.45) is 23.5 Å². The number of carbonyl (C=O) groups excluding carboxylic acids is 1. The lowest BCUT2D eigenvalue weighted by atomic mass is 9.62. The van der Waals surface area contributed by atoms with Crippen molar-refractivity contribution in [3.63, 3.8) is 0 Å². The highest BCUT2D eigenvalue weighted by Crippen LogP contribution is 2.51. The third-order valence-corrected chi connectivity index (χ3v) is 6.95. The molecule has 1 aliphatic heterocycles. The van der Waals surface area contributed by atoms with Gasteiger partial charge in [-0.2, -0.15) is 0 Å². The Balaban J connectivity index is 0.00000196. The number of amides is 1. The summed E-state index contributed by atoms with van der Waals surface area (Å²) in [7, 11) is 1.85. The van der Waals surface area contributed by atoms with Gasteiger partial charge in [0.2, 0.25) is 5.91 Å². The molecule has 3 atom stereocenters. The summed E-state index contributed by atoms with van der Waals surface area (Å²) in [6, 6.07) is 7.85. The second kappa shape index (κ2) is 7.87. The Labute approximate surface area is 162 Å². The summed E-state index contributed by atoms with van der Waals surface area (Å²) in [6.07, 6.45) is 7.91. The van der Waals surface area contributed by atoms with Crippen molar-refractivity contribution in [3.05, 3.63) is 35.4 Å². The molecule has 0 radical (unpaired) electrons. The molecule has 1 heterocycles. The Morgan fingerprint density at radius 1 is 1.19 bits per heavy atom. The zero-order valence-corrected chi connectivity index (χ0v) is 16.5. The zero-order chi connectivity index (χ0) is 17.4. The lowest BCUT2D eigenvalue weighted by Gasteiger charge is -2.56. The molecular weight excluding hydrogens is 348 g/mol. The van der Waals surface area contributed by atoms with E-state index in [1.165, 1.54) is 45.1 Å². The Hall–Kier alpha value is -1.10. The molecule has 1 aromatic rings. The molecule has 26 heavy (non-hydrogen) atoms. The highest BCUT2D eigenvalue weighted by molar-refractivity contribution is 5.92. The topological polar surface area (TPSA) is 55.6 Å². The number of piperidine rings is 1. The second-order valence-corrected chi connectivity index (χ2v) is 8.28. The number of likely N-dealkylation sites (tertiary alicyclic amines) is 1. The van der Waals surface area contributed by atoms with Gasteiger partial charge in [0.1, 0.15) is 5.60 Å². The minimum atomic E-state index is -0.360. The number of fused-ring (bicyclic) bond motifs is 2. The van der Waals surface area contributed by atoms with Crippen molar-refractivity contribution in [1.82, 2.24) is 4.90 Å². The van der Waals surface area contributed by atoms with Gasteiger partial charge in [-0.1, -0.05) is 25.0 Å². The molecule has 0 spiro atoms. The first kappa shape index (κ1) is 19.7. The number of rotatable bonds is 5. The average molecular weight is 379 g/mol. The van der Waals surface area contributed by atoms with Gasteiger partial charge in [0, 0.05) is 44.1 Å². The molecule has 0 aromatic heterocycles. The molecule has 3 fully saturated rings. The van der Waals surface area contributed by atoms with E-state index in [1.54, 1.807) is 6.07 Å². The van der Waals surface area contributed by atoms with Gasteiger partial charge < -0.3 is 15.4 Å². The van der Waals surface area contributed by atoms with Crippen molar-refractivity contribution in [2.45, 2.75) is 44.1 Å². The van der Waals surface area contributed by atoms with Crippen LogP contribution in [0.4, 0.5) is 0 Å². The van der Waals surface area contributed by atoms with Crippen LogP contribution in [0.1, 0.15) is 54.4 Å². The summed E-state index contributed by atoms with van der Waals surface area (Å²) in [6.45, 7) is 3.48. The van der Waals surface area contributed by atoms with Crippen LogP contribution < -0.4 is 5.73 Å². The van der Waals surface area contributed by atoms with E-state index in [1.807, 2.05) is 19.2 Å². The maximum Gasteiger partial charge on any atom is 0.248 e. The standard InChI is InChI=1S/C21H30N2O2.ClH/c1-25-21(17-8-3-7-16(11-17)20(22)24)18-9-4-10-19(21)14-23(13-18)12-15-5-2-6-15;/h3,7-8,11,15,18-19H,2,4-6,9-10,12-14H2,1H3,(H2,22,24);1H/t18-,19+,21?;. The number of nitrogens with two attached hydrogens (primary N) is 1. The van der Waals surface area contributed by atoms with Crippen LogP contribution in [0.2, 0.25) is 0 Å². The number of methoxy groups -OCH3 is 1. The lowest BCUT2D eigenvalue weighted by Crippen LogP contribution is -2.59. The Bertz CT molecular complexity index is 633. The summed E-state index contributed by atoms with van der Waals surface area (Å²) in [5.74, 6) is 1.54. The highest BCUT2D eigenvalue weighted by atomic mass is 35.5. The van der Waals surface area contributed by atoms with Crippen LogP contribution in [0.15, 0.2) is 24.3 Å². The molecule has 1 aromatic carbocycles. The minimum absolute atomic E-state index is 0. The number of primary amides is 1. The second-order valence-electron chi connectivity index (χ2n) is 8.28. The van der Waals surface area contributed by atoms with Gasteiger partial charge in [-0.05, 0) is 49.3 Å². The Morgan fingerprint density at radius 3 is 2.38 bits per heavy atom. The maximum absolute atomic E-state index is 11.7. The van der Waals surface area contributed by atoms with Crippen LogP contribution in [-0.4, -0.2) is 37.6 Å². The van der Waals surface area contributed by atoms with Crippen LogP contribution in [-0.2, 0) is 10.3 Å². The molecule has 1 amide bonds. The van der Waals surface area contributed by atoms with Gasteiger partial charge in [-0.15, -0.1) is 12.4 Å². The number of ether oxygens (including phenoxy) is 1. The molecule has 1 saturated heterocycles. The summed E-state index contributed by atoms with van der Waals surface area (Å²) >= 11 is 0. The monoisotopic (exact) mass is 378 g/mol. The normalized spacial score (nSPS) is 31.7. The molecule has 2 saturated carbocycles. The molecule has 2 N–H and O–H groups in total. The largest absolute Gasteiger partial charge is 0.373 e. The molecular formula is C21H31ClN2O2. The number of halogens is 1. The third kappa shape index (κ3) is 3.28. The van der Waals surface area contributed by atoms with E-state index in [-0.39, 0.29) is 23.9 Å². The number of carbonyl (C=O) groups is 1. The predicted octanol–water partition coefficient (Wildman–Crippen LogP) is 3.58. The SMILES string of the molecule is COC1(c2cccc(C(N)=O)c2)[C@@H]2CCC[C@H]1CN(CC1CCC1)C2.Cl. The molecule has 4 rings (SSSR count). The summed E-state index contributed by atoms with van der Waals surface area (Å²) in [4.78, 5) is 14.3. The van der Waals surface area contributed by atoms with Crippen molar-refractivity contribution in [2.75, 3.05) is 26.7 Å². The van der Waals surface area contributed by atoms with Gasteiger partial charge in [-0.25, -0.2) is 0 Å². The van der Waals surface area contributed by atoms with Crippen molar-refractivity contribution >= 4 is 18.3 Å². The third-order valence-electron chi connectivity index (χ3n) is 6.95. The van der Waals surface area contributed by atoms with E-state index in [0.29, 0.717) is 17.4 Å². The fourth-order valence-electron chi connectivity index (χ4n) is 5.55. The Kier molecular flexibility index (Phi) is 5.95. The van der Waals surface area contributed by atoms with E-state index < -0.39 is 0 Å². The van der Waals surface area contributed by atoms with E-state index in [4.69, 9.17) is 10.5 Å². The molecule has 144 valence electrons. The van der Waals surface area contributed by atoms with E-state index >= 15 is 0 Å². The highest BCUT2D eigenvalue weighted by Gasteiger charge is 2.53. The molecule has 3 aliphatic rings. The van der Waals surface area contributed by atoms with E-state index in [0.717, 1.165) is 24.6 Å². The minimum Gasteiger partial charge on any atom is -0.373 e. The summed E-state index contributed by atoms with van der Waals surface area (Å²) in [5.41, 5.74) is 6.99. The molecule has 4 nitrogen and oxygen atoms in total. The van der Waals surface area contributed by atoms with Crippen molar-refractivity contribution in [3.8, 4) is 0 Å². The number of benzene rings is 1. The number of hydrogen-bond acceptors (Lipinski definition) is 3. The fourth-order valence-corrected chi connectivity index (χ4v) is 5.55. The molecule has 1 unspecified atom stereocenters. The van der Waals surface area contributed by atoms with Crippen LogP contribution in [0.5, 0.6) is 0 Å². The molecule has 5 heteroatoms. The van der Waals surface area contributed by atoms with Crippen molar-refractivity contribution in [1.29, 1.82) is 0 Å². The first-order valence-electron chi connectivity index (χ1n) is 9.81. The lowest BCUT2D eigenvalue weighted by molar-refractivity contribution is -0.171. The van der Waals surface area contributed by atoms with Gasteiger partial charge in [-0.3, -0.25) is 4.79 Å². The molecule has 2 aliphatic carbocycles. The van der Waals surface area contributed by atoms with Crippen LogP contribution in [0.25, 0.3) is 0 Å². The zero-order valence-electron chi connectivity index (χ0n) is 15.7. The average Bonchev–Trinajstić information content (AvgIpc) is 2.57. The quantitative estimate of drug-likeness (QED) is 0.851. The van der Waals surface area contributed by atoms with E-state index in [2.05, 4.69) is 11.0 Å². The van der Waals surface area contributed by atoms with Gasteiger partial charge in [0.25, 0.3) is 0 Å². The first-order chi connectivity index (χ1) is 12.1. The fraction of sp³-hybridized carbons (Fsp3) is 0.667. The van der Waals surface area contributed by atoms with Crippen LogP contribution in [0, 0.1) is 17.8 Å². The number of nitrogens with zero attached hydrogens (tertiary/aromatic N) is 1. The molecule has 2 bridgehead atoms.